The van der Waals surface area contributed by atoms with E-state index in [0.29, 0.717) is 16.3 Å². The zero-order valence-electron chi connectivity index (χ0n) is 17.1. The largest absolute Gasteiger partial charge is 0.508 e. The van der Waals surface area contributed by atoms with Gasteiger partial charge in [-0.1, -0.05) is 30.3 Å². The Hall–Kier alpha value is -3.84. The molecule has 3 aromatic carbocycles. The molecule has 4 aromatic rings. The SMILES string of the molecule is COc1ccc(/C=N\N=c2/scc(-c3ccccc3)n2-c2ccc(O)cc2)cc1OC. The molecule has 0 bridgehead atoms. The fraction of sp³-hybridized carbons (Fsp3) is 0.0833. The predicted octanol–water partition coefficient (Wildman–Crippen LogP) is 4.86. The van der Waals surface area contributed by atoms with Gasteiger partial charge in [-0.2, -0.15) is 5.10 Å². The lowest BCUT2D eigenvalue weighted by atomic mass is 10.1. The second kappa shape index (κ2) is 9.32. The minimum absolute atomic E-state index is 0.214. The van der Waals surface area contributed by atoms with Crippen molar-refractivity contribution >= 4 is 17.6 Å². The Kier molecular flexibility index (Phi) is 6.14. The maximum Gasteiger partial charge on any atom is 0.215 e. The van der Waals surface area contributed by atoms with Crippen molar-refractivity contribution in [1.82, 2.24) is 4.57 Å². The van der Waals surface area contributed by atoms with E-state index in [2.05, 4.69) is 22.3 Å². The summed E-state index contributed by atoms with van der Waals surface area (Å²) in [6.45, 7) is 0. The van der Waals surface area contributed by atoms with Crippen LogP contribution in [0.1, 0.15) is 5.56 Å². The molecule has 0 amide bonds. The third-order valence-corrected chi connectivity index (χ3v) is 5.46. The highest BCUT2D eigenvalue weighted by molar-refractivity contribution is 7.07. The van der Waals surface area contributed by atoms with Gasteiger partial charge < -0.3 is 14.6 Å². The van der Waals surface area contributed by atoms with Crippen molar-refractivity contribution in [3.8, 4) is 34.2 Å². The number of phenols is 1. The molecule has 1 N–H and O–H groups in total. The second-order valence-electron chi connectivity index (χ2n) is 6.58. The molecule has 0 aliphatic carbocycles. The summed E-state index contributed by atoms with van der Waals surface area (Å²) in [7, 11) is 3.20. The highest BCUT2D eigenvalue weighted by atomic mass is 32.1. The monoisotopic (exact) mass is 431 g/mol. The lowest BCUT2D eigenvalue weighted by Crippen LogP contribution is -2.13. The Labute approximate surface area is 184 Å². The Bertz CT molecular complexity index is 1260. The molecule has 1 aromatic heterocycles. The zero-order chi connectivity index (χ0) is 21.6. The quantitative estimate of drug-likeness (QED) is 0.350. The van der Waals surface area contributed by atoms with Crippen molar-refractivity contribution in [2.45, 2.75) is 0 Å². The average molecular weight is 432 g/mol. The van der Waals surface area contributed by atoms with Gasteiger partial charge in [0.1, 0.15) is 5.75 Å². The van der Waals surface area contributed by atoms with Crippen molar-refractivity contribution in [1.29, 1.82) is 0 Å². The summed E-state index contributed by atoms with van der Waals surface area (Å²) in [5, 5.41) is 20.5. The van der Waals surface area contributed by atoms with E-state index in [0.717, 1.165) is 22.5 Å². The molecule has 156 valence electrons. The fourth-order valence-electron chi connectivity index (χ4n) is 3.12. The van der Waals surface area contributed by atoms with Crippen LogP contribution in [0, 0.1) is 0 Å². The van der Waals surface area contributed by atoms with E-state index in [9.17, 15) is 5.11 Å². The van der Waals surface area contributed by atoms with Crippen LogP contribution in [0.4, 0.5) is 0 Å². The van der Waals surface area contributed by atoms with Crippen molar-refractivity contribution in [2.24, 2.45) is 10.2 Å². The molecule has 0 aliphatic heterocycles. The van der Waals surface area contributed by atoms with E-state index in [4.69, 9.17) is 9.47 Å². The number of hydrogen-bond donors (Lipinski definition) is 1. The number of phenolic OH excluding ortho intramolecular Hbond substituents is 1. The Morgan fingerprint density at radius 1 is 0.903 bits per heavy atom. The molecule has 0 aliphatic rings. The van der Waals surface area contributed by atoms with E-state index in [-0.39, 0.29) is 5.75 Å². The number of benzene rings is 3. The number of thiazole rings is 1. The summed E-state index contributed by atoms with van der Waals surface area (Å²) >= 11 is 1.49. The molecule has 31 heavy (non-hydrogen) atoms. The lowest BCUT2D eigenvalue weighted by molar-refractivity contribution is 0.355. The van der Waals surface area contributed by atoms with E-state index in [1.165, 1.54) is 11.3 Å². The van der Waals surface area contributed by atoms with Crippen LogP contribution < -0.4 is 14.3 Å². The summed E-state index contributed by atoms with van der Waals surface area (Å²) in [6, 6.07) is 22.7. The van der Waals surface area contributed by atoms with Gasteiger partial charge in [-0.05, 0) is 53.6 Å². The highest BCUT2D eigenvalue weighted by Crippen LogP contribution is 2.27. The van der Waals surface area contributed by atoms with Gasteiger partial charge in [-0.25, -0.2) is 0 Å². The molecule has 0 saturated heterocycles. The van der Waals surface area contributed by atoms with Crippen LogP contribution in [0.3, 0.4) is 0 Å². The smallest absolute Gasteiger partial charge is 0.215 e. The maximum absolute atomic E-state index is 9.68. The number of hydrogen-bond acceptors (Lipinski definition) is 6. The molecule has 0 atom stereocenters. The van der Waals surface area contributed by atoms with Gasteiger partial charge in [-0.15, -0.1) is 16.4 Å². The first-order valence-electron chi connectivity index (χ1n) is 9.54. The minimum atomic E-state index is 0.214. The molecule has 4 rings (SSSR count). The Balaban J connectivity index is 1.76. The Morgan fingerprint density at radius 3 is 2.35 bits per heavy atom. The molecule has 0 spiro atoms. The molecular weight excluding hydrogens is 410 g/mol. The van der Waals surface area contributed by atoms with Crippen LogP contribution >= 0.6 is 11.3 Å². The number of ether oxygens (including phenoxy) is 2. The summed E-state index contributed by atoms with van der Waals surface area (Å²) in [5.41, 5.74) is 3.80. The van der Waals surface area contributed by atoms with Crippen molar-refractivity contribution in [2.75, 3.05) is 14.2 Å². The van der Waals surface area contributed by atoms with Crippen LogP contribution in [-0.2, 0) is 0 Å². The van der Waals surface area contributed by atoms with E-state index in [1.54, 1.807) is 32.6 Å². The van der Waals surface area contributed by atoms with Crippen LogP contribution in [0.15, 0.2) is 88.4 Å². The number of methoxy groups -OCH3 is 2. The first-order chi connectivity index (χ1) is 15.2. The van der Waals surface area contributed by atoms with Crippen molar-refractivity contribution in [3.05, 3.63) is 88.5 Å². The fourth-order valence-corrected chi connectivity index (χ4v) is 3.98. The van der Waals surface area contributed by atoms with Crippen LogP contribution in [0.2, 0.25) is 0 Å². The van der Waals surface area contributed by atoms with E-state index >= 15 is 0 Å². The molecular formula is C24H21N3O3S. The lowest BCUT2D eigenvalue weighted by Gasteiger charge is -2.09. The van der Waals surface area contributed by atoms with Gasteiger partial charge in [0.2, 0.25) is 4.80 Å². The topological polar surface area (TPSA) is 68.3 Å². The van der Waals surface area contributed by atoms with Gasteiger partial charge in [0, 0.05) is 11.1 Å². The highest BCUT2D eigenvalue weighted by Gasteiger charge is 2.10. The molecule has 6 nitrogen and oxygen atoms in total. The van der Waals surface area contributed by atoms with Gasteiger partial charge >= 0.3 is 0 Å². The minimum Gasteiger partial charge on any atom is -0.508 e. The third kappa shape index (κ3) is 4.51. The molecule has 0 unspecified atom stereocenters. The summed E-state index contributed by atoms with van der Waals surface area (Å²) in [6.07, 6.45) is 1.67. The third-order valence-electron chi connectivity index (χ3n) is 4.64. The number of rotatable bonds is 6. The maximum atomic E-state index is 9.68. The van der Waals surface area contributed by atoms with Crippen molar-refractivity contribution in [3.63, 3.8) is 0 Å². The van der Waals surface area contributed by atoms with Gasteiger partial charge in [-0.3, -0.25) is 4.57 Å². The standard InChI is InChI=1S/C24H21N3O3S/c1-29-22-13-8-17(14-23(22)30-2)15-25-26-24-27(19-9-11-20(28)12-10-19)21(16-31-24)18-6-4-3-5-7-18/h3-16,28H,1-2H3/b25-15-,26-24-. The first kappa shape index (κ1) is 20.4. The molecule has 0 fully saturated rings. The summed E-state index contributed by atoms with van der Waals surface area (Å²) < 4.78 is 12.6. The predicted molar refractivity (Wildman–Crippen MR) is 123 cm³/mol. The molecule has 0 radical (unpaired) electrons. The molecule has 1 heterocycles. The van der Waals surface area contributed by atoms with Gasteiger partial charge in [0.15, 0.2) is 11.5 Å². The summed E-state index contributed by atoms with van der Waals surface area (Å²) in [4.78, 5) is 0.710. The van der Waals surface area contributed by atoms with Gasteiger partial charge in [0.25, 0.3) is 0 Å². The van der Waals surface area contributed by atoms with Gasteiger partial charge in [0.05, 0.1) is 26.1 Å². The van der Waals surface area contributed by atoms with Crippen LogP contribution in [0.25, 0.3) is 16.9 Å². The average Bonchev–Trinajstić information content (AvgIpc) is 3.24. The van der Waals surface area contributed by atoms with Crippen LogP contribution in [-0.4, -0.2) is 30.1 Å². The number of nitrogens with zero attached hydrogens (tertiary/aromatic N) is 3. The number of aromatic nitrogens is 1. The zero-order valence-corrected chi connectivity index (χ0v) is 17.9. The van der Waals surface area contributed by atoms with E-state index in [1.807, 2.05) is 58.5 Å². The molecule has 7 heteroatoms. The normalized spacial score (nSPS) is 11.7. The van der Waals surface area contributed by atoms with E-state index < -0.39 is 0 Å². The Morgan fingerprint density at radius 2 is 1.65 bits per heavy atom. The first-order valence-corrected chi connectivity index (χ1v) is 10.4. The van der Waals surface area contributed by atoms with Crippen LogP contribution in [0.5, 0.6) is 17.2 Å². The summed E-state index contributed by atoms with van der Waals surface area (Å²) in [5.74, 6) is 1.51. The van der Waals surface area contributed by atoms with Crippen molar-refractivity contribution < 1.29 is 14.6 Å². The molecule has 0 saturated carbocycles. The second-order valence-corrected chi connectivity index (χ2v) is 7.42. The number of aromatic hydroxyl groups is 1.